The number of carbonyl (C=O) groups is 1. The summed E-state index contributed by atoms with van der Waals surface area (Å²) < 4.78 is 0. The Morgan fingerprint density at radius 1 is 1.14 bits per heavy atom. The summed E-state index contributed by atoms with van der Waals surface area (Å²) in [7, 11) is 0. The van der Waals surface area contributed by atoms with Crippen LogP contribution in [0.15, 0.2) is 48.5 Å². The fourth-order valence-electron chi connectivity index (χ4n) is 2.45. The number of nitrogens with two attached hydrogens (primary N) is 1. The number of hydrogen-bond acceptors (Lipinski definition) is 1. The highest BCUT2D eigenvalue weighted by atomic mass is 35.5. The number of nitrogens with one attached hydrogen (secondary N) is 1. The maximum atomic E-state index is 12.3. The lowest BCUT2D eigenvalue weighted by Crippen LogP contribution is -2.91. The maximum Gasteiger partial charge on any atom is 0.282 e. The largest absolute Gasteiger partial charge is 0.330 e. The molecule has 0 bridgehead atoms. The van der Waals surface area contributed by atoms with Crippen molar-refractivity contribution in [1.82, 2.24) is 0 Å². The first-order valence-electron chi connectivity index (χ1n) is 7.44. The van der Waals surface area contributed by atoms with Crippen LogP contribution in [0.5, 0.6) is 0 Å². The van der Waals surface area contributed by atoms with Gasteiger partial charge in [-0.3, -0.25) is 4.79 Å². The molecule has 3 nitrogen and oxygen atoms in total. The van der Waals surface area contributed by atoms with Gasteiger partial charge in [0.2, 0.25) is 0 Å². The summed E-state index contributed by atoms with van der Waals surface area (Å²) in [5, 5.41) is 5.70. The molecule has 0 unspecified atom stereocenters. The molecule has 0 aromatic heterocycles. The summed E-state index contributed by atoms with van der Waals surface area (Å²) in [6, 6.07) is 15.5. The lowest BCUT2D eigenvalue weighted by Gasteiger charge is -2.17. The second kappa shape index (κ2) is 7.43. The van der Waals surface area contributed by atoms with E-state index >= 15 is 0 Å². The summed E-state index contributed by atoms with van der Waals surface area (Å²) in [5.41, 5.74) is 2.99. The van der Waals surface area contributed by atoms with Crippen LogP contribution in [-0.2, 0) is 4.79 Å². The molecule has 4 heteroatoms. The first kappa shape index (κ1) is 16.5. The molecular weight excluding hydrogens is 296 g/mol. The summed E-state index contributed by atoms with van der Waals surface area (Å²) >= 11 is 6.21. The SMILES string of the molecule is Cc1cccc(NC(=O)[C@@H](C)[NH2+][C@@H](C)c2ccccc2Cl)c1. The average molecular weight is 318 g/mol. The Labute approximate surface area is 136 Å². The molecule has 0 radical (unpaired) electrons. The number of quaternary nitrogens is 1. The lowest BCUT2D eigenvalue weighted by molar-refractivity contribution is -0.709. The molecule has 0 saturated carbocycles. The van der Waals surface area contributed by atoms with E-state index in [9.17, 15) is 4.79 Å². The van der Waals surface area contributed by atoms with Crippen LogP contribution in [0, 0.1) is 6.92 Å². The Bertz CT molecular complexity index is 657. The topological polar surface area (TPSA) is 45.7 Å². The molecule has 2 atom stereocenters. The quantitative estimate of drug-likeness (QED) is 0.873. The van der Waals surface area contributed by atoms with E-state index in [1.54, 1.807) is 0 Å². The zero-order chi connectivity index (χ0) is 16.1. The minimum absolute atomic E-state index is 0.00972. The van der Waals surface area contributed by atoms with Crippen molar-refractivity contribution in [2.75, 3.05) is 5.32 Å². The molecule has 116 valence electrons. The Kier molecular flexibility index (Phi) is 5.58. The van der Waals surface area contributed by atoms with E-state index in [0.29, 0.717) is 0 Å². The van der Waals surface area contributed by atoms with Crippen LogP contribution in [0.25, 0.3) is 0 Å². The van der Waals surface area contributed by atoms with Crippen LogP contribution in [0.1, 0.15) is 31.0 Å². The highest BCUT2D eigenvalue weighted by Crippen LogP contribution is 2.19. The first-order chi connectivity index (χ1) is 10.5. The van der Waals surface area contributed by atoms with E-state index in [1.807, 2.05) is 67.7 Å². The Balaban J connectivity index is 1.98. The number of benzene rings is 2. The maximum absolute atomic E-state index is 12.3. The Hall–Kier alpha value is -1.84. The van der Waals surface area contributed by atoms with E-state index < -0.39 is 0 Å². The van der Waals surface area contributed by atoms with Crippen molar-refractivity contribution in [3.8, 4) is 0 Å². The third-order valence-corrected chi connectivity index (χ3v) is 4.02. The van der Waals surface area contributed by atoms with Crippen molar-refractivity contribution < 1.29 is 10.1 Å². The van der Waals surface area contributed by atoms with E-state index in [4.69, 9.17) is 11.6 Å². The van der Waals surface area contributed by atoms with Gasteiger partial charge < -0.3 is 10.6 Å². The Morgan fingerprint density at radius 2 is 1.86 bits per heavy atom. The molecule has 1 amide bonds. The van der Waals surface area contributed by atoms with Crippen molar-refractivity contribution >= 4 is 23.2 Å². The van der Waals surface area contributed by atoms with Gasteiger partial charge in [-0.1, -0.05) is 41.9 Å². The van der Waals surface area contributed by atoms with Gasteiger partial charge in [0.1, 0.15) is 6.04 Å². The smallest absolute Gasteiger partial charge is 0.282 e. The fraction of sp³-hybridized carbons (Fsp3) is 0.278. The number of amides is 1. The molecule has 3 N–H and O–H groups in total. The average Bonchev–Trinajstić information content (AvgIpc) is 2.47. The minimum Gasteiger partial charge on any atom is -0.330 e. The number of anilines is 1. The third kappa shape index (κ3) is 4.33. The van der Waals surface area contributed by atoms with Crippen LogP contribution < -0.4 is 10.6 Å². The molecule has 0 aliphatic carbocycles. The zero-order valence-corrected chi connectivity index (χ0v) is 13.9. The van der Waals surface area contributed by atoms with Crippen LogP contribution in [-0.4, -0.2) is 11.9 Å². The van der Waals surface area contributed by atoms with Crippen molar-refractivity contribution in [3.63, 3.8) is 0 Å². The van der Waals surface area contributed by atoms with Crippen molar-refractivity contribution in [3.05, 3.63) is 64.7 Å². The van der Waals surface area contributed by atoms with Crippen molar-refractivity contribution in [2.45, 2.75) is 32.9 Å². The van der Waals surface area contributed by atoms with E-state index in [0.717, 1.165) is 21.8 Å². The second-order valence-corrected chi connectivity index (χ2v) is 6.06. The fourth-order valence-corrected chi connectivity index (χ4v) is 2.76. The zero-order valence-electron chi connectivity index (χ0n) is 13.1. The van der Waals surface area contributed by atoms with Crippen LogP contribution in [0.4, 0.5) is 5.69 Å². The summed E-state index contributed by atoms with van der Waals surface area (Å²) in [5.74, 6) is -0.00972. The van der Waals surface area contributed by atoms with Gasteiger partial charge in [-0.05, 0) is 44.5 Å². The normalized spacial score (nSPS) is 13.5. The number of hydrogen-bond donors (Lipinski definition) is 2. The van der Waals surface area contributed by atoms with Crippen molar-refractivity contribution in [2.24, 2.45) is 0 Å². The summed E-state index contributed by atoms with van der Waals surface area (Å²) in [6.45, 7) is 5.96. The van der Waals surface area contributed by atoms with E-state index in [1.165, 1.54) is 0 Å². The van der Waals surface area contributed by atoms with Gasteiger partial charge in [0.25, 0.3) is 5.91 Å². The number of halogens is 1. The van der Waals surface area contributed by atoms with Crippen LogP contribution >= 0.6 is 11.6 Å². The van der Waals surface area contributed by atoms with Gasteiger partial charge in [-0.2, -0.15) is 0 Å². The van der Waals surface area contributed by atoms with Crippen molar-refractivity contribution in [1.29, 1.82) is 0 Å². The molecule has 0 aliphatic rings. The van der Waals surface area contributed by atoms with Gasteiger partial charge in [0, 0.05) is 16.3 Å². The first-order valence-corrected chi connectivity index (χ1v) is 7.82. The summed E-state index contributed by atoms with van der Waals surface area (Å²) in [4.78, 5) is 12.3. The predicted octanol–water partition coefficient (Wildman–Crippen LogP) is 3.30. The molecular formula is C18H22ClN2O+. The molecule has 22 heavy (non-hydrogen) atoms. The Morgan fingerprint density at radius 3 is 2.55 bits per heavy atom. The minimum atomic E-state index is -0.202. The standard InChI is InChI=1S/C18H21ClN2O/c1-12-7-6-8-15(11-12)21-18(22)14(3)20-13(2)16-9-4-5-10-17(16)19/h4-11,13-14,20H,1-3H3,(H,21,22)/p+1/t13-,14+/m0/s1. The molecule has 0 spiro atoms. The van der Waals surface area contributed by atoms with Gasteiger partial charge >= 0.3 is 0 Å². The van der Waals surface area contributed by atoms with Gasteiger partial charge in [0.15, 0.2) is 6.04 Å². The molecule has 2 aromatic rings. The third-order valence-electron chi connectivity index (χ3n) is 3.67. The second-order valence-electron chi connectivity index (χ2n) is 5.65. The van der Waals surface area contributed by atoms with E-state index in [2.05, 4.69) is 12.2 Å². The van der Waals surface area contributed by atoms with Crippen LogP contribution in [0.2, 0.25) is 5.02 Å². The molecule has 0 heterocycles. The summed E-state index contributed by atoms with van der Waals surface area (Å²) in [6.07, 6.45) is 0. The molecule has 2 rings (SSSR count). The monoisotopic (exact) mass is 317 g/mol. The molecule has 0 saturated heterocycles. The highest BCUT2D eigenvalue weighted by molar-refractivity contribution is 6.31. The molecule has 0 fully saturated rings. The van der Waals surface area contributed by atoms with Gasteiger partial charge in [0.05, 0.1) is 0 Å². The van der Waals surface area contributed by atoms with Gasteiger partial charge in [-0.25, -0.2) is 0 Å². The lowest BCUT2D eigenvalue weighted by atomic mass is 10.1. The van der Waals surface area contributed by atoms with Crippen LogP contribution in [0.3, 0.4) is 0 Å². The number of carbonyl (C=O) groups excluding carboxylic acids is 1. The number of aryl methyl sites for hydroxylation is 1. The number of rotatable bonds is 5. The van der Waals surface area contributed by atoms with E-state index in [-0.39, 0.29) is 18.0 Å². The molecule has 2 aromatic carbocycles. The van der Waals surface area contributed by atoms with Gasteiger partial charge in [-0.15, -0.1) is 0 Å². The highest BCUT2D eigenvalue weighted by Gasteiger charge is 2.21. The molecule has 0 aliphatic heterocycles. The predicted molar refractivity (Wildman–Crippen MR) is 91.1 cm³/mol.